The minimum atomic E-state index is -0.249. The van der Waals surface area contributed by atoms with Crippen LogP contribution in [0.2, 0.25) is 0 Å². The Balaban J connectivity index is 1.54. The number of hydrogen-bond acceptors (Lipinski definition) is 4. The summed E-state index contributed by atoms with van der Waals surface area (Å²) in [6.07, 6.45) is 4.21. The van der Waals surface area contributed by atoms with Crippen molar-refractivity contribution in [3.63, 3.8) is 0 Å². The monoisotopic (exact) mass is 505 g/mol. The van der Waals surface area contributed by atoms with Gasteiger partial charge in [0.2, 0.25) is 0 Å². The summed E-state index contributed by atoms with van der Waals surface area (Å²) >= 11 is 0. The summed E-state index contributed by atoms with van der Waals surface area (Å²) < 4.78 is 26.5. The van der Waals surface area contributed by atoms with Gasteiger partial charge in [0, 0.05) is 27.9 Å². The molecule has 0 saturated carbocycles. The Labute approximate surface area is 221 Å². The van der Waals surface area contributed by atoms with Crippen LogP contribution in [0.1, 0.15) is 37.5 Å². The maximum atomic E-state index is 14.3. The molecular formula is C33H28FNO3. The van der Waals surface area contributed by atoms with Gasteiger partial charge in [-0.3, -0.25) is 0 Å². The predicted octanol–water partition coefficient (Wildman–Crippen LogP) is 8.37. The number of methoxy groups -OCH3 is 1. The van der Waals surface area contributed by atoms with E-state index in [9.17, 15) is 9.50 Å². The Morgan fingerprint density at radius 1 is 0.895 bits per heavy atom. The fourth-order valence-electron chi connectivity index (χ4n) is 5.55. The topological polar surface area (TPSA) is 50.7 Å². The second kappa shape index (κ2) is 8.80. The minimum absolute atomic E-state index is 0.0567. The maximum absolute atomic E-state index is 14.3. The fraction of sp³-hybridized carbons (Fsp3) is 0.152. The number of ether oxygens (including phenoxy) is 2. The van der Waals surface area contributed by atoms with E-state index >= 15 is 0 Å². The van der Waals surface area contributed by atoms with Crippen LogP contribution < -0.4 is 14.8 Å². The molecular weight excluding hydrogens is 477 g/mol. The van der Waals surface area contributed by atoms with Gasteiger partial charge in [0.25, 0.3) is 0 Å². The highest BCUT2D eigenvalue weighted by atomic mass is 19.1. The molecule has 0 atom stereocenters. The van der Waals surface area contributed by atoms with Crippen molar-refractivity contribution in [2.24, 2.45) is 0 Å². The van der Waals surface area contributed by atoms with Gasteiger partial charge in [-0.1, -0.05) is 54.6 Å². The van der Waals surface area contributed by atoms with Crippen LogP contribution >= 0.6 is 0 Å². The number of rotatable bonds is 3. The average Bonchev–Trinajstić information content (AvgIpc) is 2.88. The normalized spacial score (nSPS) is 15.9. The highest BCUT2D eigenvalue weighted by molar-refractivity contribution is 6.02. The van der Waals surface area contributed by atoms with Crippen molar-refractivity contribution in [3.8, 4) is 39.5 Å². The van der Waals surface area contributed by atoms with Crippen molar-refractivity contribution in [1.29, 1.82) is 0 Å². The number of hydrogen-bond donors (Lipinski definition) is 2. The molecule has 4 nitrogen and oxygen atoms in total. The highest BCUT2D eigenvalue weighted by Gasteiger charge is 2.33. The van der Waals surface area contributed by atoms with E-state index in [0.717, 1.165) is 44.6 Å². The second-order valence-corrected chi connectivity index (χ2v) is 10.3. The van der Waals surface area contributed by atoms with E-state index in [1.165, 1.54) is 6.07 Å². The Morgan fingerprint density at radius 2 is 1.66 bits per heavy atom. The van der Waals surface area contributed by atoms with Gasteiger partial charge in [-0.05, 0) is 67.8 Å². The molecule has 2 aliphatic heterocycles. The van der Waals surface area contributed by atoms with E-state index in [0.29, 0.717) is 22.8 Å². The van der Waals surface area contributed by atoms with E-state index < -0.39 is 0 Å². The summed E-state index contributed by atoms with van der Waals surface area (Å²) in [6.45, 7) is 6.39. The molecule has 0 saturated heterocycles. The number of benzene rings is 4. The number of nitrogens with one attached hydrogen (secondary N) is 1. The van der Waals surface area contributed by atoms with Gasteiger partial charge in [0.1, 0.15) is 17.3 Å². The first kappa shape index (κ1) is 23.9. The zero-order valence-corrected chi connectivity index (χ0v) is 21.7. The van der Waals surface area contributed by atoms with Gasteiger partial charge in [0.05, 0.1) is 18.2 Å². The molecule has 0 fully saturated rings. The summed E-state index contributed by atoms with van der Waals surface area (Å²) in [5.41, 5.74) is 7.86. The van der Waals surface area contributed by atoms with Crippen molar-refractivity contribution in [3.05, 3.63) is 101 Å². The molecule has 2 aliphatic rings. The van der Waals surface area contributed by atoms with Crippen LogP contribution in [0.3, 0.4) is 0 Å². The summed E-state index contributed by atoms with van der Waals surface area (Å²) in [7, 11) is 1.55. The number of phenolic OH excluding ortho intramolecular Hbond substituents is 1. The third kappa shape index (κ3) is 3.91. The third-order valence-electron chi connectivity index (χ3n) is 7.07. The molecule has 0 amide bonds. The zero-order chi connectivity index (χ0) is 26.6. The van der Waals surface area contributed by atoms with Crippen LogP contribution in [0.5, 0.6) is 17.2 Å². The van der Waals surface area contributed by atoms with Gasteiger partial charge < -0.3 is 19.9 Å². The molecule has 6 rings (SSSR count). The summed E-state index contributed by atoms with van der Waals surface area (Å²) in [4.78, 5) is 0. The summed E-state index contributed by atoms with van der Waals surface area (Å²) in [6, 6.07) is 22.0. The first-order valence-corrected chi connectivity index (χ1v) is 12.6. The standard InChI is InChI=1S/C33H28FNO3/c1-19-18-33(2,3)35-25-14-13-23-30(29(19)25)28(38-27-16-15-26(36)32(37-4)31(23)27)17-20-9-11-21(12-10-20)22-7-5-6-8-24(22)34/h5-18,35-36H,1-4H3. The van der Waals surface area contributed by atoms with Crippen molar-refractivity contribution in [2.75, 3.05) is 12.4 Å². The van der Waals surface area contributed by atoms with Crippen LogP contribution in [-0.4, -0.2) is 17.8 Å². The maximum Gasteiger partial charge on any atom is 0.172 e. The number of aromatic hydroxyl groups is 1. The van der Waals surface area contributed by atoms with E-state index in [2.05, 4.69) is 38.2 Å². The molecule has 190 valence electrons. The molecule has 0 bridgehead atoms. The van der Waals surface area contributed by atoms with E-state index in [-0.39, 0.29) is 17.1 Å². The van der Waals surface area contributed by atoms with Crippen molar-refractivity contribution >= 4 is 23.1 Å². The SMILES string of the molecule is COc1c(O)ccc2c1-c1ccc3c(c1C(=Cc1ccc(-c4ccccc4F)cc1)O2)C(C)=CC(C)(C)N3. The first-order chi connectivity index (χ1) is 18.3. The molecule has 0 radical (unpaired) electrons. The number of anilines is 1. The lowest BCUT2D eigenvalue weighted by Gasteiger charge is -2.35. The second-order valence-electron chi connectivity index (χ2n) is 10.3. The first-order valence-electron chi connectivity index (χ1n) is 12.6. The van der Waals surface area contributed by atoms with Crippen molar-refractivity contribution < 1.29 is 19.0 Å². The largest absolute Gasteiger partial charge is 0.504 e. The molecule has 5 heteroatoms. The molecule has 0 spiro atoms. The van der Waals surface area contributed by atoms with Crippen LogP contribution in [0, 0.1) is 5.82 Å². The van der Waals surface area contributed by atoms with Crippen LogP contribution in [0.4, 0.5) is 10.1 Å². The van der Waals surface area contributed by atoms with Gasteiger partial charge in [-0.2, -0.15) is 0 Å². The fourth-order valence-corrected chi connectivity index (χ4v) is 5.55. The van der Waals surface area contributed by atoms with Crippen LogP contribution in [0.15, 0.2) is 78.9 Å². The molecule has 38 heavy (non-hydrogen) atoms. The van der Waals surface area contributed by atoms with E-state index in [4.69, 9.17) is 9.47 Å². The van der Waals surface area contributed by atoms with E-state index in [1.807, 2.05) is 42.5 Å². The Kier molecular flexibility index (Phi) is 5.53. The Hall–Kier alpha value is -4.51. The average molecular weight is 506 g/mol. The summed E-state index contributed by atoms with van der Waals surface area (Å²) in [5, 5.41) is 14.2. The number of halogens is 1. The number of fused-ring (bicyclic) bond motifs is 5. The molecule has 2 heterocycles. The lowest BCUT2D eigenvalue weighted by Crippen LogP contribution is -2.32. The van der Waals surface area contributed by atoms with E-state index in [1.54, 1.807) is 31.4 Å². The zero-order valence-electron chi connectivity index (χ0n) is 21.7. The number of allylic oxidation sites excluding steroid dienone is 1. The Morgan fingerprint density at radius 3 is 2.39 bits per heavy atom. The van der Waals surface area contributed by atoms with Gasteiger partial charge in [0.15, 0.2) is 11.5 Å². The van der Waals surface area contributed by atoms with Crippen LogP contribution in [-0.2, 0) is 0 Å². The molecule has 4 aromatic rings. The smallest absolute Gasteiger partial charge is 0.172 e. The molecule has 2 N–H and O–H groups in total. The molecule has 0 unspecified atom stereocenters. The van der Waals surface area contributed by atoms with Gasteiger partial charge in [-0.25, -0.2) is 4.39 Å². The van der Waals surface area contributed by atoms with Crippen LogP contribution in [0.25, 0.3) is 39.7 Å². The molecule has 0 aromatic heterocycles. The molecule has 4 aromatic carbocycles. The number of phenols is 1. The molecule has 0 aliphatic carbocycles. The minimum Gasteiger partial charge on any atom is -0.504 e. The van der Waals surface area contributed by atoms with Crippen molar-refractivity contribution in [1.82, 2.24) is 0 Å². The quantitative estimate of drug-likeness (QED) is 0.294. The van der Waals surface area contributed by atoms with Crippen molar-refractivity contribution in [2.45, 2.75) is 26.3 Å². The van der Waals surface area contributed by atoms with Gasteiger partial charge in [-0.15, -0.1) is 0 Å². The Bertz CT molecular complexity index is 1650. The lowest BCUT2D eigenvalue weighted by atomic mass is 9.82. The predicted molar refractivity (Wildman–Crippen MR) is 152 cm³/mol. The summed E-state index contributed by atoms with van der Waals surface area (Å²) in [5.74, 6) is 1.47. The highest BCUT2D eigenvalue weighted by Crippen LogP contribution is 2.54. The van der Waals surface area contributed by atoms with Gasteiger partial charge >= 0.3 is 0 Å². The lowest BCUT2D eigenvalue weighted by molar-refractivity contribution is 0.371. The third-order valence-corrected chi connectivity index (χ3v) is 7.07.